The number of nitrogens with zero attached hydrogens (tertiary/aromatic N) is 1. The van der Waals surface area contributed by atoms with Crippen molar-refractivity contribution in [1.29, 1.82) is 0 Å². The van der Waals surface area contributed by atoms with Crippen LogP contribution in [0, 0.1) is 5.92 Å². The van der Waals surface area contributed by atoms with Crippen LogP contribution in [-0.4, -0.2) is 18.1 Å². The van der Waals surface area contributed by atoms with E-state index in [1.807, 2.05) is 18.5 Å². The average molecular weight is 249 g/mol. The Kier molecular flexibility index (Phi) is 6.90. The van der Waals surface area contributed by atoms with Crippen LogP contribution in [0.4, 0.5) is 0 Å². The Morgan fingerprint density at radius 1 is 1.47 bits per heavy atom. The summed E-state index contributed by atoms with van der Waals surface area (Å²) in [6.45, 7) is 4.64. The molecule has 1 aliphatic rings. The van der Waals surface area contributed by atoms with Crippen LogP contribution in [-0.2, 0) is 0 Å². The molecule has 0 amide bonds. The number of hydrogen-bond acceptors (Lipinski definition) is 2. The lowest BCUT2D eigenvalue weighted by atomic mass is 9.88. The number of nitrogens with one attached hydrogen (secondary N) is 1. The van der Waals surface area contributed by atoms with Crippen LogP contribution in [0.2, 0.25) is 0 Å². The van der Waals surface area contributed by atoms with Crippen LogP contribution >= 0.6 is 24.8 Å². The molecule has 15 heavy (non-hydrogen) atoms. The Morgan fingerprint density at radius 2 is 2.27 bits per heavy atom. The number of pyridine rings is 1. The highest BCUT2D eigenvalue weighted by atomic mass is 35.5. The second-order valence-electron chi connectivity index (χ2n) is 3.83. The first kappa shape index (κ1) is 14.7. The fraction of sp³-hybridized carbons (Fsp3) is 0.545. The van der Waals surface area contributed by atoms with Crippen molar-refractivity contribution in [2.75, 3.05) is 13.1 Å². The molecule has 1 aromatic heterocycles. The topological polar surface area (TPSA) is 24.9 Å². The summed E-state index contributed by atoms with van der Waals surface area (Å²) in [5, 5.41) is 3.40. The van der Waals surface area contributed by atoms with E-state index in [0.29, 0.717) is 5.92 Å². The van der Waals surface area contributed by atoms with Crippen molar-refractivity contribution in [3.05, 3.63) is 30.1 Å². The minimum absolute atomic E-state index is 0. The average Bonchev–Trinajstić information content (AvgIpc) is 2.71. The quantitative estimate of drug-likeness (QED) is 0.871. The molecule has 1 aromatic rings. The number of halogens is 2. The Bertz CT molecular complexity index is 261. The normalized spacial score (nSPS) is 21.3. The molecule has 86 valence electrons. The first-order valence-electron chi connectivity index (χ1n) is 4.98. The van der Waals surface area contributed by atoms with Crippen molar-refractivity contribution < 1.29 is 0 Å². The SMILES string of the molecule is CC(c1cccnc1)C1CCNC1.Cl.Cl. The molecule has 0 spiro atoms. The zero-order chi connectivity index (χ0) is 9.10. The molecular formula is C11H18Cl2N2. The van der Waals surface area contributed by atoms with Crippen molar-refractivity contribution in [2.24, 2.45) is 5.92 Å². The maximum Gasteiger partial charge on any atom is 0.0302 e. The monoisotopic (exact) mass is 248 g/mol. The minimum Gasteiger partial charge on any atom is -0.316 e. The van der Waals surface area contributed by atoms with Gasteiger partial charge in [0.2, 0.25) is 0 Å². The molecule has 1 N–H and O–H groups in total. The van der Waals surface area contributed by atoms with E-state index in [2.05, 4.69) is 23.3 Å². The molecule has 0 saturated carbocycles. The van der Waals surface area contributed by atoms with E-state index in [9.17, 15) is 0 Å². The summed E-state index contributed by atoms with van der Waals surface area (Å²) in [6, 6.07) is 4.20. The maximum absolute atomic E-state index is 4.16. The fourth-order valence-corrected chi connectivity index (χ4v) is 2.02. The highest BCUT2D eigenvalue weighted by Crippen LogP contribution is 2.27. The van der Waals surface area contributed by atoms with Crippen LogP contribution < -0.4 is 5.32 Å². The van der Waals surface area contributed by atoms with Crippen LogP contribution in [0.1, 0.15) is 24.8 Å². The Balaban J connectivity index is 0.000000980. The molecule has 0 aromatic carbocycles. The molecule has 2 nitrogen and oxygen atoms in total. The van der Waals surface area contributed by atoms with Gasteiger partial charge >= 0.3 is 0 Å². The van der Waals surface area contributed by atoms with Crippen molar-refractivity contribution in [3.63, 3.8) is 0 Å². The lowest BCUT2D eigenvalue weighted by molar-refractivity contribution is 0.486. The molecule has 0 radical (unpaired) electrons. The predicted octanol–water partition coefficient (Wildman–Crippen LogP) is 2.64. The van der Waals surface area contributed by atoms with Crippen LogP contribution in [0.15, 0.2) is 24.5 Å². The summed E-state index contributed by atoms with van der Waals surface area (Å²) < 4.78 is 0. The molecule has 2 heterocycles. The summed E-state index contributed by atoms with van der Waals surface area (Å²) >= 11 is 0. The molecular weight excluding hydrogens is 231 g/mol. The van der Waals surface area contributed by atoms with Gasteiger partial charge in [-0.05, 0) is 43.0 Å². The van der Waals surface area contributed by atoms with Gasteiger partial charge in [0.15, 0.2) is 0 Å². The molecule has 2 rings (SSSR count). The van der Waals surface area contributed by atoms with E-state index >= 15 is 0 Å². The molecule has 1 saturated heterocycles. The van der Waals surface area contributed by atoms with Gasteiger partial charge in [0, 0.05) is 12.4 Å². The molecule has 2 atom stereocenters. The number of hydrogen-bond donors (Lipinski definition) is 1. The first-order valence-corrected chi connectivity index (χ1v) is 4.98. The third kappa shape index (κ3) is 3.63. The van der Waals surface area contributed by atoms with Gasteiger partial charge in [-0.15, -0.1) is 24.8 Å². The van der Waals surface area contributed by atoms with Gasteiger partial charge < -0.3 is 5.32 Å². The minimum atomic E-state index is 0. The molecule has 0 bridgehead atoms. The van der Waals surface area contributed by atoms with Crippen LogP contribution in [0.3, 0.4) is 0 Å². The summed E-state index contributed by atoms with van der Waals surface area (Å²) in [6.07, 6.45) is 5.13. The van der Waals surface area contributed by atoms with E-state index < -0.39 is 0 Å². The summed E-state index contributed by atoms with van der Waals surface area (Å²) in [5.41, 5.74) is 1.37. The van der Waals surface area contributed by atoms with Gasteiger partial charge in [-0.2, -0.15) is 0 Å². The van der Waals surface area contributed by atoms with E-state index in [-0.39, 0.29) is 24.8 Å². The predicted molar refractivity (Wildman–Crippen MR) is 68.1 cm³/mol. The zero-order valence-electron chi connectivity index (χ0n) is 8.85. The summed E-state index contributed by atoms with van der Waals surface area (Å²) in [5.74, 6) is 1.44. The van der Waals surface area contributed by atoms with E-state index in [1.54, 1.807) is 0 Å². The lowest BCUT2D eigenvalue weighted by Crippen LogP contribution is -2.14. The van der Waals surface area contributed by atoms with Gasteiger partial charge in [-0.25, -0.2) is 0 Å². The first-order chi connectivity index (χ1) is 6.38. The third-order valence-electron chi connectivity index (χ3n) is 3.02. The molecule has 0 aliphatic carbocycles. The largest absolute Gasteiger partial charge is 0.316 e. The van der Waals surface area contributed by atoms with Crippen molar-refractivity contribution >= 4 is 24.8 Å². The highest BCUT2D eigenvalue weighted by Gasteiger charge is 2.22. The Hall–Kier alpha value is -0.310. The summed E-state index contributed by atoms with van der Waals surface area (Å²) in [4.78, 5) is 4.16. The van der Waals surface area contributed by atoms with Gasteiger partial charge in [-0.1, -0.05) is 13.0 Å². The molecule has 2 unspecified atom stereocenters. The van der Waals surface area contributed by atoms with E-state index in [4.69, 9.17) is 0 Å². The van der Waals surface area contributed by atoms with Crippen molar-refractivity contribution in [1.82, 2.24) is 10.3 Å². The van der Waals surface area contributed by atoms with Gasteiger partial charge in [0.25, 0.3) is 0 Å². The smallest absolute Gasteiger partial charge is 0.0302 e. The van der Waals surface area contributed by atoms with Crippen LogP contribution in [0.25, 0.3) is 0 Å². The van der Waals surface area contributed by atoms with Crippen molar-refractivity contribution in [2.45, 2.75) is 19.3 Å². The second-order valence-corrected chi connectivity index (χ2v) is 3.83. The molecule has 1 fully saturated rings. The highest BCUT2D eigenvalue weighted by molar-refractivity contribution is 5.85. The number of aromatic nitrogens is 1. The number of rotatable bonds is 2. The second kappa shape index (κ2) is 7.04. The van der Waals surface area contributed by atoms with Gasteiger partial charge in [0.1, 0.15) is 0 Å². The fourth-order valence-electron chi connectivity index (χ4n) is 2.02. The van der Waals surface area contributed by atoms with E-state index in [1.165, 1.54) is 18.5 Å². The van der Waals surface area contributed by atoms with Crippen LogP contribution in [0.5, 0.6) is 0 Å². The van der Waals surface area contributed by atoms with Gasteiger partial charge in [0.05, 0.1) is 0 Å². The lowest BCUT2D eigenvalue weighted by Gasteiger charge is -2.17. The Labute approximate surface area is 104 Å². The van der Waals surface area contributed by atoms with Crippen molar-refractivity contribution in [3.8, 4) is 0 Å². The molecule has 4 heteroatoms. The van der Waals surface area contributed by atoms with Gasteiger partial charge in [-0.3, -0.25) is 4.98 Å². The molecule has 1 aliphatic heterocycles. The van der Waals surface area contributed by atoms with E-state index in [0.717, 1.165) is 12.5 Å². The maximum atomic E-state index is 4.16. The summed E-state index contributed by atoms with van der Waals surface area (Å²) in [7, 11) is 0. The zero-order valence-corrected chi connectivity index (χ0v) is 10.5. The standard InChI is InChI=1S/C11H16N2.2ClH/c1-9(11-4-6-13-8-11)10-3-2-5-12-7-10;;/h2-3,5,7,9,11,13H,4,6,8H2,1H3;2*1H. The Morgan fingerprint density at radius 3 is 2.80 bits per heavy atom. The third-order valence-corrected chi connectivity index (χ3v) is 3.02.